The van der Waals surface area contributed by atoms with E-state index in [4.69, 9.17) is 0 Å². The second-order valence-corrected chi connectivity index (χ2v) is 9.68. The zero-order valence-electron chi connectivity index (χ0n) is 12.2. The lowest BCUT2D eigenvalue weighted by Gasteiger charge is -2.12. The van der Waals surface area contributed by atoms with Crippen molar-refractivity contribution in [1.82, 2.24) is 10.3 Å². The Hall–Kier alpha value is -1.45. The molecule has 0 spiro atoms. The molecular formula is C14H15N3O3S3. The Balaban J connectivity index is 1.49. The van der Waals surface area contributed by atoms with Gasteiger partial charge < -0.3 is 10.2 Å². The predicted octanol–water partition coefficient (Wildman–Crippen LogP) is 2.00. The molecule has 9 heteroatoms. The number of thiazole rings is 1. The van der Waals surface area contributed by atoms with Gasteiger partial charge in [0.05, 0.1) is 21.4 Å². The van der Waals surface area contributed by atoms with E-state index in [0.717, 1.165) is 33.2 Å². The molecule has 2 aromatic rings. The highest BCUT2D eigenvalue weighted by atomic mass is 32.2. The highest BCUT2D eigenvalue weighted by Gasteiger charge is 2.25. The summed E-state index contributed by atoms with van der Waals surface area (Å²) in [6, 6.07) is 1.40. The summed E-state index contributed by atoms with van der Waals surface area (Å²) >= 11 is 2.97. The normalized spacial score (nSPS) is 23.0. The number of hydrogen-bond acceptors (Lipinski definition) is 7. The van der Waals surface area contributed by atoms with E-state index in [2.05, 4.69) is 15.2 Å². The van der Waals surface area contributed by atoms with Crippen LogP contribution >= 0.6 is 22.7 Å². The summed E-state index contributed by atoms with van der Waals surface area (Å²) in [7, 11) is -3.16. The van der Waals surface area contributed by atoms with Crippen LogP contribution in [-0.4, -0.2) is 44.2 Å². The number of thiophene rings is 1. The number of hydrogen-bond donors (Lipinski definition) is 1. The maximum atomic E-state index is 12.3. The summed E-state index contributed by atoms with van der Waals surface area (Å²) in [5.74, 6) is -0.301. The van der Waals surface area contributed by atoms with Crippen LogP contribution in [0.1, 0.15) is 22.5 Å². The minimum Gasteiger partial charge on any atom is -0.348 e. The molecule has 1 unspecified atom stereocenters. The molecule has 0 radical (unpaired) electrons. The lowest BCUT2D eigenvalue weighted by atomic mass is 10.3. The molecule has 0 aliphatic carbocycles. The summed E-state index contributed by atoms with van der Waals surface area (Å²) in [5.41, 5.74) is 0. The van der Waals surface area contributed by atoms with Crippen molar-refractivity contribution in [2.75, 3.05) is 23.7 Å². The third-order valence-corrected chi connectivity index (χ3v) is 7.54. The molecule has 0 saturated carbocycles. The molecule has 1 fully saturated rings. The molecule has 1 atom stereocenters. The Labute approximate surface area is 141 Å². The van der Waals surface area contributed by atoms with Crippen LogP contribution < -0.4 is 10.2 Å². The number of sulfone groups is 1. The van der Waals surface area contributed by atoms with E-state index in [9.17, 15) is 13.2 Å². The second kappa shape index (κ2) is 5.57. The summed E-state index contributed by atoms with van der Waals surface area (Å²) < 4.78 is 23.8. The van der Waals surface area contributed by atoms with Crippen molar-refractivity contribution in [2.45, 2.75) is 18.9 Å². The fourth-order valence-electron chi connectivity index (χ4n) is 2.78. The van der Waals surface area contributed by atoms with Gasteiger partial charge in [-0.1, -0.05) is 11.3 Å². The van der Waals surface area contributed by atoms with Crippen LogP contribution in [-0.2, 0) is 9.84 Å². The van der Waals surface area contributed by atoms with Crippen LogP contribution in [0.15, 0.2) is 17.6 Å². The van der Waals surface area contributed by atoms with Crippen molar-refractivity contribution in [3.8, 4) is 0 Å². The van der Waals surface area contributed by atoms with Gasteiger partial charge in [-0.15, -0.1) is 11.3 Å². The highest BCUT2D eigenvalue weighted by molar-refractivity contribution is 7.94. The molecule has 1 N–H and O–H groups in total. The van der Waals surface area contributed by atoms with Gasteiger partial charge in [0.25, 0.3) is 5.91 Å². The first-order valence-corrected chi connectivity index (χ1v) is 10.7. The fraction of sp³-hybridized carbons (Fsp3) is 0.429. The van der Waals surface area contributed by atoms with E-state index in [1.54, 1.807) is 11.3 Å². The van der Waals surface area contributed by atoms with Gasteiger partial charge in [-0.3, -0.25) is 4.79 Å². The maximum Gasteiger partial charge on any atom is 0.261 e. The molecule has 2 aromatic heterocycles. The number of anilines is 1. The van der Waals surface area contributed by atoms with Crippen LogP contribution in [0.4, 0.5) is 5.13 Å². The van der Waals surface area contributed by atoms with Gasteiger partial charge >= 0.3 is 0 Å². The Kier molecular flexibility index (Phi) is 3.66. The summed E-state index contributed by atoms with van der Waals surface area (Å²) in [4.78, 5) is 20.6. The molecule has 0 aromatic carbocycles. The molecule has 6 nitrogen and oxygen atoms in total. The third-order valence-electron chi connectivity index (χ3n) is 3.92. The molecule has 122 valence electrons. The summed E-state index contributed by atoms with van der Waals surface area (Å²) in [6.45, 7) is 2.10. The number of nitrogens with one attached hydrogen (secondary N) is 1. The molecule has 1 amide bonds. The summed E-state index contributed by atoms with van der Waals surface area (Å²) in [6.07, 6.45) is 3.93. The number of aromatic nitrogens is 1. The van der Waals surface area contributed by atoms with Gasteiger partial charge in [-0.05, 0) is 25.0 Å². The SMILES string of the molecule is O=C(NC1C=CS(=O)(=O)C1)c1cc2sc(N3CCCC3)nc2s1. The first kappa shape index (κ1) is 15.1. The van der Waals surface area contributed by atoms with Crippen LogP contribution in [0.2, 0.25) is 0 Å². The Morgan fingerprint density at radius 3 is 2.74 bits per heavy atom. The van der Waals surface area contributed by atoms with E-state index in [1.165, 1.54) is 30.3 Å². The predicted molar refractivity (Wildman–Crippen MR) is 93.1 cm³/mol. The van der Waals surface area contributed by atoms with E-state index >= 15 is 0 Å². The number of nitrogens with zero attached hydrogens (tertiary/aromatic N) is 2. The molecular weight excluding hydrogens is 354 g/mol. The van der Waals surface area contributed by atoms with Gasteiger partial charge in [-0.2, -0.15) is 0 Å². The fourth-order valence-corrected chi connectivity index (χ4v) is 6.19. The number of amides is 1. The molecule has 4 rings (SSSR count). The minimum atomic E-state index is -3.16. The smallest absolute Gasteiger partial charge is 0.261 e. The van der Waals surface area contributed by atoms with Gasteiger partial charge in [0.1, 0.15) is 4.83 Å². The zero-order chi connectivity index (χ0) is 16.0. The first-order valence-electron chi connectivity index (χ1n) is 7.37. The van der Waals surface area contributed by atoms with Crippen LogP contribution in [0, 0.1) is 0 Å². The van der Waals surface area contributed by atoms with Crippen molar-refractivity contribution >= 4 is 53.1 Å². The van der Waals surface area contributed by atoms with E-state index in [-0.39, 0.29) is 11.7 Å². The van der Waals surface area contributed by atoms with Gasteiger partial charge in [0.15, 0.2) is 15.0 Å². The maximum absolute atomic E-state index is 12.3. The van der Waals surface area contributed by atoms with Gasteiger partial charge in [0, 0.05) is 18.5 Å². The van der Waals surface area contributed by atoms with Gasteiger partial charge in [-0.25, -0.2) is 13.4 Å². The Morgan fingerprint density at radius 2 is 2.09 bits per heavy atom. The molecule has 1 saturated heterocycles. The molecule has 23 heavy (non-hydrogen) atoms. The van der Waals surface area contributed by atoms with Crippen molar-refractivity contribution in [1.29, 1.82) is 0 Å². The standard InChI is InChI=1S/C14H15N3O3S3/c18-12(15-9-3-6-23(19,20)8-9)10-7-11-13(21-10)16-14(22-11)17-4-1-2-5-17/h3,6-7,9H,1-2,4-5,8H2,(H,15,18). The molecule has 2 aliphatic rings. The quantitative estimate of drug-likeness (QED) is 0.895. The monoisotopic (exact) mass is 369 g/mol. The average molecular weight is 369 g/mol. The van der Waals surface area contributed by atoms with Crippen molar-refractivity contribution in [2.24, 2.45) is 0 Å². The highest BCUT2D eigenvalue weighted by Crippen LogP contribution is 2.35. The Bertz CT molecular complexity index is 859. The van der Waals surface area contributed by atoms with Crippen LogP contribution in [0.3, 0.4) is 0 Å². The van der Waals surface area contributed by atoms with E-state index in [1.807, 2.05) is 6.07 Å². The largest absolute Gasteiger partial charge is 0.348 e. The number of fused-ring (bicyclic) bond motifs is 1. The molecule has 2 aliphatic heterocycles. The second-order valence-electron chi connectivity index (χ2n) is 5.71. The molecule has 4 heterocycles. The topological polar surface area (TPSA) is 79.4 Å². The number of rotatable bonds is 3. The van der Waals surface area contributed by atoms with Crippen molar-refractivity contribution in [3.05, 3.63) is 22.4 Å². The van der Waals surface area contributed by atoms with Gasteiger partial charge in [0.2, 0.25) is 0 Å². The van der Waals surface area contributed by atoms with E-state index in [0.29, 0.717) is 4.88 Å². The molecule has 0 bridgehead atoms. The van der Waals surface area contributed by atoms with Crippen molar-refractivity contribution < 1.29 is 13.2 Å². The lowest BCUT2D eigenvalue weighted by molar-refractivity contribution is 0.0952. The summed E-state index contributed by atoms with van der Waals surface area (Å²) in [5, 5.41) is 4.93. The first-order chi connectivity index (χ1) is 11.0. The minimum absolute atomic E-state index is 0.0597. The lowest BCUT2D eigenvalue weighted by Crippen LogP contribution is -2.35. The number of carbonyl (C=O) groups excluding carboxylic acids is 1. The Morgan fingerprint density at radius 1 is 1.30 bits per heavy atom. The van der Waals surface area contributed by atoms with Crippen LogP contribution in [0.5, 0.6) is 0 Å². The van der Waals surface area contributed by atoms with Crippen molar-refractivity contribution in [3.63, 3.8) is 0 Å². The van der Waals surface area contributed by atoms with Crippen LogP contribution in [0.25, 0.3) is 9.53 Å². The van der Waals surface area contributed by atoms with E-state index < -0.39 is 15.9 Å². The third kappa shape index (κ3) is 3.00. The number of carbonyl (C=O) groups is 1. The zero-order valence-corrected chi connectivity index (χ0v) is 14.6. The average Bonchev–Trinajstić information content (AvgIpc) is 3.20.